The van der Waals surface area contributed by atoms with Gasteiger partial charge < -0.3 is 10.2 Å². The first-order valence-corrected chi connectivity index (χ1v) is 8.70. The van der Waals surface area contributed by atoms with Gasteiger partial charge in [0.1, 0.15) is 0 Å². The van der Waals surface area contributed by atoms with E-state index in [4.69, 9.17) is 5.26 Å². The van der Waals surface area contributed by atoms with E-state index < -0.39 is 0 Å². The van der Waals surface area contributed by atoms with Crippen LogP contribution >= 0.6 is 0 Å². The van der Waals surface area contributed by atoms with Gasteiger partial charge in [0.2, 0.25) is 0 Å². The number of carbonyl (C=O) groups is 1. The maximum absolute atomic E-state index is 12.3. The molecule has 0 spiro atoms. The average molecular weight is 355 g/mol. The Balaban J connectivity index is 1.44. The predicted molar refractivity (Wildman–Crippen MR) is 102 cm³/mol. The zero-order valence-electron chi connectivity index (χ0n) is 14.6. The molecule has 2 heterocycles. The molecule has 1 aromatic heterocycles. The predicted octanol–water partition coefficient (Wildman–Crippen LogP) is 3.16. The van der Waals surface area contributed by atoms with Gasteiger partial charge in [0.05, 0.1) is 11.6 Å². The highest BCUT2D eigenvalue weighted by molar-refractivity contribution is 6.02. The standard InChI is InChI=1S/C21H17N5O/c22-13-15-5-7-18(8-6-15)23-21(27)19-9-10-20(25-24-19)26-12-11-16-3-1-2-4-17(16)14-26/h1-10H,11-12,14H2,(H,23,27). The normalized spacial score (nSPS) is 12.8. The fraction of sp³-hybridized carbons (Fsp3) is 0.143. The van der Waals surface area contributed by atoms with Gasteiger partial charge in [0, 0.05) is 18.8 Å². The molecule has 1 N–H and O–H groups in total. The summed E-state index contributed by atoms with van der Waals surface area (Å²) in [6, 6.07) is 20.6. The van der Waals surface area contributed by atoms with Crippen LogP contribution in [0.15, 0.2) is 60.7 Å². The zero-order chi connectivity index (χ0) is 18.6. The van der Waals surface area contributed by atoms with Crippen molar-refractivity contribution in [1.29, 1.82) is 5.26 Å². The maximum Gasteiger partial charge on any atom is 0.276 e. The molecule has 0 unspecified atom stereocenters. The second-order valence-electron chi connectivity index (χ2n) is 6.36. The van der Waals surface area contributed by atoms with Gasteiger partial charge in [-0.1, -0.05) is 24.3 Å². The fourth-order valence-corrected chi connectivity index (χ4v) is 3.13. The SMILES string of the molecule is N#Cc1ccc(NC(=O)c2ccc(N3CCc4ccccc4C3)nn2)cc1. The third-order valence-corrected chi connectivity index (χ3v) is 4.61. The molecule has 0 aliphatic carbocycles. The molecule has 6 heteroatoms. The Morgan fingerprint density at radius 1 is 1.00 bits per heavy atom. The molecule has 0 fully saturated rings. The number of fused-ring (bicyclic) bond motifs is 1. The van der Waals surface area contributed by atoms with Crippen LogP contribution in [0, 0.1) is 11.3 Å². The Kier molecular flexibility index (Phi) is 4.50. The highest BCUT2D eigenvalue weighted by atomic mass is 16.1. The molecular formula is C21H17N5O. The van der Waals surface area contributed by atoms with Crippen LogP contribution in [0.4, 0.5) is 11.5 Å². The number of rotatable bonds is 3. The van der Waals surface area contributed by atoms with Crippen LogP contribution < -0.4 is 10.2 Å². The average Bonchev–Trinajstić information content (AvgIpc) is 2.74. The van der Waals surface area contributed by atoms with E-state index >= 15 is 0 Å². The van der Waals surface area contributed by atoms with E-state index in [9.17, 15) is 4.79 Å². The Labute approximate surface area is 157 Å². The van der Waals surface area contributed by atoms with E-state index in [1.807, 2.05) is 18.2 Å². The van der Waals surface area contributed by atoms with Crippen molar-refractivity contribution in [3.8, 4) is 6.07 Å². The molecule has 0 saturated heterocycles. The molecule has 1 aliphatic heterocycles. The van der Waals surface area contributed by atoms with Crippen LogP contribution in [0.3, 0.4) is 0 Å². The Bertz CT molecular complexity index is 1010. The molecule has 3 aromatic rings. The molecule has 6 nitrogen and oxygen atoms in total. The van der Waals surface area contributed by atoms with Crippen LogP contribution in [0.1, 0.15) is 27.2 Å². The first-order valence-electron chi connectivity index (χ1n) is 8.70. The van der Waals surface area contributed by atoms with E-state index in [0.717, 1.165) is 25.3 Å². The van der Waals surface area contributed by atoms with E-state index in [1.54, 1.807) is 30.3 Å². The van der Waals surface area contributed by atoms with E-state index in [-0.39, 0.29) is 11.6 Å². The summed E-state index contributed by atoms with van der Waals surface area (Å²) in [5.74, 6) is 0.433. The lowest BCUT2D eigenvalue weighted by atomic mass is 10.00. The number of amides is 1. The van der Waals surface area contributed by atoms with Gasteiger partial charge in [-0.2, -0.15) is 5.26 Å². The Morgan fingerprint density at radius 2 is 1.78 bits per heavy atom. The lowest BCUT2D eigenvalue weighted by molar-refractivity contribution is 0.102. The van der Waals surface area contributed by atoms with Gasteiger partial charge >= 0.3 is 0 Å². The minimum atomic E-state index is -0.331. The number of aromatic nitrogens is 2. The lowest BCUT2D eigenvalue weighted by Crippen LogP contribution is -2.31. The highest BCUT2D eigenvalue weighted by Crippen LogP contribution is 2.22. The minimum Gasteiger partial charge on any atom is -0.350 e. The second-order valence-corrected chi connectivity index (χ2v) is 6.36. The molecule has 1 amide bonds. The third kappa shape index (κ3) is 3.62. The van der Waals surface area contributed by atoms with Crippen molar-refractivity contribution in [3.63, 3.8) is 0 Å². The minimum absolute atomic E-state index is 0.250. The quantitative estimate of drug-likeness (QED) is 0.780. The largest absolute Gasteiger partial charge is 0.350 e. The van der Waals surface area contributed by atoms with Gasteiger partial charge in [-0.25, -0.2) is 0 Å². The molecule has 0 radical (unpaired) electrons. The van der Waals surface area contributed by atoms with E-state index in [2.05, 4.69) is 38.6 Å². The molecule has 0 atom stereocenters. The Hall–Kier alpha value is -3.72. The molecule has 27 heavy (non-hydrogen) atoms. The number of benzene rings is 2. The number of hydrogen-bond donors (Lipinski definition) is 1. The maximum atomic E-state index is 12.3. The van der Waals surface area contributed by atoms with Crippen LogP contribution in [0.2, 0.25) is 0 Å². The fourth-order valence-electron chi connectivity index (χ4n) is 3.13. The van der Waals surface area contributed by atoms with Gasteiger partial charge in [-0.15, -0.1) is 10.2 Å². The third-order valence-electron chi connectivity index (χ3n) is 4.61. The molecule has 2 aromatic carbocycles. The number of carbonyl (C=O) groups excluding carboxylic acids is 1. The number of nitrogens with one attached hydrogen (secondary N) is 1. The first kappa shape index (κ1) is 16.7. The lowest BCUT2D eigenvalue weighted by Gasteiger charge is -2.29. The summed E-state index contributed by atoms with van der Waals surface area (Å²) in [6.07, 6.45) is 0.971. The van der Waals surface area contributed by atoms with Crippen molar-refractivity contribution in [1.82, 2.24) is 10.2 Å². The van der Waals surface area contributed by atoms with Crippen LogP contribution in [0.5, 0.6) is 0 Å². The van der Waals surface area contributed by atoms with Crippen molar-refractivity contribution < 1.29 is 4.79 Å². The van der Waals surface area contributed by atoms with Crippen LogP contribution in [0.25, 0.3) is 0 Å². The van der Waals surface area contributed by atoms with E-state index in [0.29, 0.717) is 11.3 Å². The summed E-state index contributed by atoms with van der Waals surface area (Å²) in [5.41, 5.74) is 4.08. The van der Waals surface area contributed by atoms with Crippen molar-refractivity contribution in [2.45, 2.75) is 13.0 Å². The van der Waals surface area contributed by atoms with Crippen LogP contribution in [-0.4, -0.2) is 22.6 Å². The van der Waals surface area contributed by atoms with Crippen molar-refractivity contribution >= 4 is 17.4 Å². The summed E-state index contributed by atoms with van der Waals surface area (Å²) in [4.78, 5) is 14.5. The number of anilines is 2. The van der Waals surface area contributed by atoms with Crippen molar-refractivity contribution in [2.24, 2.45) is 0 Å². The summed E-state index contributed by atoms with van der Waals surface area (Å²) in [5, 5.41) is 19.9. The first-order chi connectivity index (χ1) is 13.2. The van der Waals surface area contributed by atoms with Crippen molar-refractivity contribution in [2.75, 3.05) is 16.8 Å². The second kappa shape index (κ2) is 7.26. The zero-order valence-corrected chi connectivity index (χ0v) is 14.6. The Morgan fingerprint density at radius 3 is 2.48 bits per heavy atom. The molecule has 4 rings (SSSR count). The molecule has 0 bridgehead atoms. The summed E-state index contributed by atoms with van der Waals surface area (Å²) in [7, 11) is 0. The topological polar surface area (TPSA) is 81.9 Å². The summed E-state index contributed by atoms with van der Waals surface area (Å²) in [6.45, 7) is 1.67. The molecule has 132 valence electrons. The highest BCUT2D eigenvalue weighted by Gasteiger charge is 2.18. The number of hydrogen-bond acceptors (Lipinski definition) is 5. The van der Waals surface area contributed by atoms with Gasteiger partial charge in [-0.3, -0.25) is 4.79 Å². The van der Waals surface area contributed by atoms with E-state index in [1.165, 1.54) is 11.1 Å². The monoisotopic (exact) mass is 355 g/mol. The number of nitrogens with zero attached hydrogens (tertiary/aromatic N) is 4. The van der Waals surface area contributed by atoms with Gasteiger partial charge in [0.15, 0.2) is 11.5 Å². The van der Waals surface area contributed by atoms with Gasteiger partial charge in [0.25, 0.3) is 5.91 Å². The smallest absolute Gasteiger partial charge is 0.276 e. The van der Waals surface area contributed by atoms with Crippen molar-refractivity contribution in [3.05, 3.63) is 83.0 Å². The molecular weight excluding hydrogens is 338 g/mol. The molecule has 1 aliphatic rings. The van der Waals surface area contributed by atoms with Crippen LogP contribution in [-0.2, 0) is 13.0 Å². The number of nitriles is 1. The summed E-state index contributed by atoms with van der Waals surface area (Å²) >= 11 is 0. The summed E-state index contributed by atoms with van der Waals surface area (Å²) < 4.78 is 0. The molecule has 0 saturated carbocycles. The van der Waals surface area contributed by atoms with Gasteiger partial charge in [-0.05, 0) is 53.9 Å².